The highest BCUT2D eigenvalue weighted by atomic mass is 16.3. The molecule has 35 heavy (non-hydrogen) atoms. The minimum atomic E-state index is -0.165. The third kappa shape index (κ3) is 5.10. The van der Waals surface area contributed by atoms with Crippen molar-refractivity contribution in [3.8, 4) is 12.3 Å². The molecular weight excluding hydrogens is 430 g/mol. The first-order valence-electron chi connectivity index (χ1n) is 13.6. The third-order valence-corrected chi connectivity index (χ3v) is 9.52. The Morgan fingerprint density at radius 2 is 1.69 bits per heavy atom. The Kier molecular flexibility index (Phi) is 7.27. The van der Waals surface area contributed by atoms with Gasteiger partial charge in [0.15, 0.2) is 5.78 Å². The SMILES string of the molecule is C#CC(C)(C)C.CN(C)c1ccc(C2CC3(C)C(O)CCC3C3CCC4=CC(=O)CCC4C23)cc1. The average Bonchev–Trinajstić information content (AvgIpc) is 3.12. The zero-order chi connectivity index (χ0) is 25.5. The van der Waals surface area contributed by atoms with E-state index in [0.29, 0.717) is 41.8 Å². The van der Waals surface area contributed by atoms with Crippen molar-refractivity contribution >= 4 is 11.5 Å². The molecule has 3 saturated carbocycles. The molecule has 7 unspecified atom stereocenters. The van der Waals surface area contributed by atoms with Crippen LogP contribution in [0.3, 0.4) is 0 Å². The van der Waals surface area contributed by atoms with Crippen LogP contribution in [0.15, 0.2) is 35.9 Å². The third-order valence-electron chi connectivity index (χ3n) is 9.52. The number of allylic oxidation sites excluding steroid dienone is 1. The molecule has 4 aliphatic carbocycles. The van der Waals surface area contributed by atoms with E-state index >= 15 is 0 Å². The van der Waals surface area contributed by atoms with Gasteiger partial charge in [0.2, 0.25) is 0 Å². The van der Waals surface area contributed by atoms with Gasteiger partial charge >= 0.3 is 0 Å². The second-order valence-corrected chi connectivity index (χ2v) is 13.0. The number of hydrogen-bond donors (Lipinski definition) is 1. The molecule has 0 bridgehead atoms. The van der Waals surface area contributed by atoms with Crippen LogP contribution < -0.4 is 4.90 Å². The van der Waals surface area contributed by atoms with Gasteiger partial charge in [-0.05, 0) is 118 Å². The first-order chi connectivity index (χ1) is 16.4. The molecule has 4 aliphatic rings. The smallest absolute Gasteiger partial charge is 0.155 e. The summed E-state index contributed by atoms with van der Waals surface area (Å²) in [5.74, 6) is 5.92. The van der Waals surface area contributed by atoms with Crippen molar-refractivity contribution in [2.45, 2.75) is 84.7 Å². The van der Waals surface area contributed by atoms with Gasteiger partial charge in [-0.2, -0.15) is 0 Å². The van der Waals surface area contributed by atoms with Crippen LogP contribution in [0, 0.1) is 46.8 Å². The van der Waals surface area contributed by atoms with Crippen LogP contribution in [0.2, 0.25) is 0 Å². The molecule has 0 amide bonds. The predicted octanol–water partition coefficient (Wildman–Crippen LogP) is 6.61. The van der Waals surface area contributed by atoms with Crippen LogP contribution in [-0.4, -0.2) is 31.1 Å². The highest BCUT2D eigenvalue weighted by molar-refractivity contribution is 5.91. The van der Waals surface area contributed by atoms with E-state index in [1.165, 1.54) is 29.7 Å². The molecule has 0 radical (unpaired) electrons. The zero-order valence-corrected chi connectivity index (χ0v) is 22.7. The van der Waals surface area contributed by atoms with Crippen LogP contribution in [-0.2, 0) is 4.79 Å². The van der Waals surface area contributed by atoms with Crippen LogP contribution >= 0.6 is 0 Å². The van der Waals surface area contributed by atoms with Crippen molar-refractivity contribution in [2.24, 2.45) is 34.5 Å². The summed E-state index contributed by atoms with van der Waals surface area (Å²) in [6.45, 7) is 8.38. The second kappa shape index (κ2) is 9.78. The van der Waals surface area contributed by atoms with Gasteiger partial charge in [0.05, 0.1) is 6.10 Å². The summed E-state index contributed by atoms with van der Waals surface area (Å²) in [6.07, 6.45) is 14.1. The van der Waals surface area contributed by atoms with E-state index in [0.717, 1.165) is 25.7 Å². The summed E-state index contributed by atoms with van der Waals surface area (Å²) in [5.41, 5.74) is 4.21. The molecule has 0 aromatic heterocycles. The van der Waals surface area contributed by atoms with E-state index in [1.807, 2.05) is 26.8 Å². The molecule has 0 aliphatic heterocycles. The number of carbonyl (C=O) groups is 1. The van der Waals surface area contributed by atoms with Crippen LogP contribution in [0.25, 0.3) is 0 Å². The van der Waals surface area contributed by atoms with E-state index in [1.54, 1.807) is 0 Å². The molecule has 1 aromatic rings. The summed E-state index contributed by atoms with van der Waals surface area (Å²) in [6, 6.07) is 9.14. The fourth-order valence-electron chi connectivity index (χ4n) is 7.64. The number of aliphatic hydroxyl groups is 1. The monoisotopic (exact) mass is 475 g/mol. The van der Waals surface area contributed by atoms with Crippen LogP contribution in [0.5, 0.6) is 0 Å². The Balaban J connectivity index is 0.000000431. The highest BCUT2D eigenvalue weighted by Gasteiger charge is 2.59. The fraction of sp³-hybridized carbons (Fsp3) is 0.656. The average molecular weight is 476 g/mol. The highest BCUT2D eigenvalue weighted by Crippen LogP contribution is 2.65. The number of aliphatic hydroxyl groups excluding tert-OH is 1. The molecule has 1 aromatic carbocycles. The number of nitrogens with zero attached hydrogens (tertiary/aromatic N) is 1. The minimum absolute atomic E-state index is 0.0394. The van der Waals surface area contributed by atoms with Crippen molar-refractivity contribution in [1.29, 1.82) is 0 Å². The maximum Gasteiger partial charge on any atom is 0.155 e. The zero-order valence-electron chi connectivity index (χ0n) is 22.7. The summed E-state index contributed by atoms with van der Waals surface area (Å²) < 4.78 is 0. The lowest BCUT2D eigenvalue weighted by molar-refractivity contribution is -0.116. The number of benzene rings is 1. The molecule has 190 valence electrons. The van der Waals surface area contributed by atoms with Crippen LogP contribution in [0.1, 0.15) is 84.1 Å². The lowest BCUT2D eigenvalue weighted by Gasteiger charge is -2.57. The maximum absolute atomic E-state index is 12.1. The van der Waals surface area contributed by atoms with Crippen molar-refractivity contribution in [3.63, 3.8) is 0 Å². The van der Waals surface area contributed by atoms with Gasteiger partial charge in [-0.1, -0.05) is 24.6 Å². The number of fused-ring (bicyclic) bond motifs is 5. The lowest BCUT2D eigenvalue weighted by atomic mass is 9.48. The second-order valence-electron chi connectivity index (χ2n) is 13.0. The summed E-state index contributed by atoms with van der Waals surface area (Å²) in [5, 5.41) is 11.0. The van der Waals surface area contributed by atoms with Gasteiger partial charge in [0.25, 0.3) is 0 Å². The van der Waals surface area contributed by atoms with E-state index in [2.05, 4.69) is 56.1 Å². The topological polar surface area (TPSA) is 40.5 Å². The van der Waals surface area contributed by atoms with Crippen LogP contribution in [0.4, 0.5) is 5.69 Å². The molecule has 0 saturated heterocycles. The lowest BCUT2D eigenvalue weighted by Crippen LogP contribution is -2.50. The number of anilines is 1. The van der Waals surface area contributed by atoms with E-state index in [-0.39, 0.29) is 16.9 Å². The molecule has 3 fully saturated rings. The van der Waals surface area contributed by atoms with Gasteiger partial charge in [-0.25, -0.2) is 0 Å². The molecule has 0 heterocycles. The van der Waals surface area contributed by atoms with Crippen molar-refractivity contribution in [2.75, 3.05) is 19.0 Å². The van der Waals surface area contributed by atoms with Crippen molar-refractivity contribution < 1.29 is 9.90 Å². The molecule has 3 heteroatoms. The number of rotatable bonds is 2. The van der Waals surface area contributed by atoms with Gasteiger partial charge in [0, 0.05) is 31.6 Å². The van der Waals surface area contributed by atoms with E-state index in [9.17, 15) is 9.90 Å². The van der Waals surface area contributed by atoms with Crippen molar-refractivity contribution in [3.05, 3.63) is 41.5 Å². The standard InChI is InChI=1S/C26H35NO2.C6H10/c1-26-15-22(16-4-7-18(8-5-16)27(2)3)25-20-11-9-19(28)14-17(20)6-10-21(25)23(26)12-13-24(26)29;1-5-6(2,3)4/h4-5,7-8,14,20-25,29H,6,9-13,15H2,1-3H3;1H,2-4H3. The maximum atomic E-state index is 12.1. The predicted molar refractivity (Wildman–Crippen MR) is 145 cm³/mol. The Labute approximate surface area is 213 Å². The Morgan fingerprint density at radius 3 is 2.29 bits per heavy atom. The first-order valence-corrected chi connectivity index (χ1v) is 13.6. The number of ketones is 1. The molecule has 3 nitrogen and oxygen atoms in total. The van der Waals surface area contributed by atoms with Gasteiger partial charge in [-0.3, -0.25) is 4.79 Å². The number of terminal acetylenes is 1. The summed E-state index contributed by atoms with van der Waals surface area (Å²) >= 11 is 0. The first kappa shape index (κ1) is 26.0. The molecule has 7 atom stereocenters. The van der Waals surface area contributed by atoms with E-state index < -0.39 is 0 Å². The number of hydrogen-bond acceptors (Lipinski definition) is 3. The number of carbonyl (C=O) groups excluding carboxylic acids is 1. The fourth-order valence-corrected chi connectivity index (χ4v) is 7.64. The Bertz CT molecular complexity index is 992. The molecule has 5 rings (SSSR count). The Hall–Kier alpha value is -2.05. The van der Waals surface area contributed by atoms with Crippen molar-refractivity contribution in [1.82, 2.24) is 0 Å². The van der Waals surface area contributed by atoms with E-state index in [4.69, 9.17) is 6.42 Å². The Morgan fingerprint density at radius 1 is 1.03 bits per heavy atom. The molecule has 0 spiro atoms. The minimum Gasteiger partial charge on any atom is -0.393 e. The van der Waals surface area contributed by atoms with Gasteiger partial charge in [-0.15, -0.1) is 12.3 Å². The molecular formula is C32H45NO2. The van der Waals surface area contributed by atoms with Gasteiger partial charge in [0.1, 0.15) is 0 Å². The largest absolute Gasteiger partial charge is 0.393 e. The summed E-state index contributed by atoms with van der Waals surface area (Å²) in [4.78, 5) is 14.2. The van der Waals surface area contributed by atoms with Gasteiger partial charge < -0.3 is 10.0 Å². The summed E-state index contributed by atoms with van der Waals surface area (Å²) in [7, 11) is 4.17. The molecule has 1 N–H and O–H groups in total. The quantitative estimate of drug-likeness (QED) is 0.489. The normalized spacial score (nSPS) is 35.9.